The van der Waals surface area contributed by atoms with Crippen molar-refractivity contribution >= 4 is 0 Å². The summed E-state index contributed by atoms with van der Waals surface area (Å²) >= 11 is 0. The highest BCUT2D eigenvalue weighted by molar-refractivity contribution is 5.02. The molecule has 2 N–H and O–H groups in total. The molecule has 0 aliphatic rings. The second-order valence-electron chi connectivity index (χ2n) is 10.1. The molecule has 0 aliphatic heterocycles. The molecule has 0 aromatic rings. The first kappa shape index (κ1) is 29.8. The van der Waals surface area contributed by atoms with Gasteiger partial charge in [-0.1, -0.05) is 59.3 Å². The fourth-order valence-electron chi connectivity index (χ4n) is 5.65. The lowest BCUT2D eigenvalue weighted by Gasteiger charge is -2.60. The first-order valence-corrected chi connectivity index (χ1v) is 13.2. The molecule has 0 aliphatic carbocycles. The van der Waals surface area contributed by atoms with Crippen LogP contribution in [0, 0.1) is 0 Å². The second-order valence-corrected chi connectivity index (χ2v) is 10.1. The Balaban J connectivity index is 6.18. The minimum absolute atomic E-state index is 0.209. The number of likely N-dealkylation sites (N-methyl/N-ethyl adjacent to an activating group) is 2. The lowest BCUT2D eigenvalue weighted by atomic mass is 9.92. The molecule has 4 heteroatoms. The van der Waals surface area contributed by atoms with Gasteiger partial charge in [0.15, 0.2) is 0 Å². The average molecular weight is 427 g/mol. The molecule has 0 radical (unpaired) electrons. The Kier molecular flexibility index (Phi) is 15.5. The van der Waals surface area contributed by atoms with Gasteiger partial charge in [0.1, 0.15) is 5.79 Å². The van der Waals surface area contributed by atoms with E-state index in [4.69, 9.17) is 0 Å². The van der Waals surface area contributed by atoms with Crippen molar-refractivity contribution in [2.45, 2.75) is 157 Å². The van der Waals surface area contributed by atoms with Crippen molar-refractivity contribution < 1.29 is 0 Å². The highest BCUT2D eigenvalue weighted by atomic mass is 15.6. The smallest absolute Gasteiger partial charge is 0.145 e. The second kappa shape index (κ2) is 15.6. The predicted molar refractivity (Wildman–Crippen MR) is 136 cm³/mol. The average Bonchev–Trinajstić information content (AvgIpc) is 2.62. The summed E-state index contributed by atoms with van der Waals surface area (Å²) in [6.07, 6.45) is 9.30. The molecule has 0 fully saturated rings. The maximum Gasteiger partial charge on any atom is 0.145 e. The maximum atomic E-state index is 4.06. The summed E-state index contributed by atoms with van der Waals surface area (Å²) in [5.41, 5.74) is 0. The van der Waals surface area contributed by atoms with Crippen LogP contribution in [0.3, 0.4) is 0 Å². The summed E-state index contributed by atoms with van der Waals surface area (Å²) in [7, 11) is 0. The van der Waals surface area contributed by atoms with Gasteiger partial charge in [-0.3, -0.25) is 15.1 Å². The zero-order chi connectivity index (χ0) is 23.3. The molecule has 0 saturated carbocycles. The maximum absolute atomic E-state index is 4.06. The third kappa shape index (κ3) is 8.41. The third-order valence-electron chi connectivity index (χ3n) is 6.23. The van der Waals surface area contributed by atoms with Crippen molar-refractivity contribution in [3.05, 3.63) is 0 Å². The standard InChI is InChI=1S/C26H58N4/c1-12-15-16-17-18-19-20-25(27-13-2)26(28-14-3,29(21(4)5)22(6)7)30(23(8)9)24(10)11/h21-25,27-28H,12-20H2,1-11H3. The fraction of sp³-hybridized carbons (Fsp3) is 1.00. The Morgan fingerprint density at radius 1 is 0.600 bits per heavy atom. The van der Waals surface area contributed by atoms with Gasteiger partial charge in [-0.15, -0.1) is 0 Å². The summed E-state index contributed by atoms with van der Waals surface area (Å²) < 4.78 is 0. The van der Waals surface area contributed by atoms with Gasteiger partial charge in [0, 0.05) is 24.2 Å². The summed E-state index contributed by atoms with van der Waals surface area (Å²) in [5, 5.41) is 8.00. The van der Waals surface area contributed by atoms with Crippen molar-refractivity contribution in [1.82, 2.24) is 20.4 Å². The number of hydrogen-bond acceptors (Lipinski definition) is 4. The lowest BCUT2D eigenvalue weighted by molar-refractivity contribution is -0.164. The van der Waals surface area contributed by atoms with Crippen LogP contribution in [0.1, 0.15) is 121 Å². The normalized spacial score (nSPS) is 14.3. The van der Waals surface area contributed by atoms with Gasteiger partial charge in [-0.05, 0) is 74.9 Å². The van der Waals surface area contributed by atoms with Crippen LogP contribution in [0.2, 0.25) is 0 Å². The van der Waals surface area contributed by atoms with Crippen LogP contribution in [-0.4, -0.2) is 58.9 Å². The molecule has 1 atom stereocenters. The van der Waals surface area contributed by atoms with Crippen molar-refractivity contribution in [2.24, 2.45) is 0 Å². The van der Waals surface area contributed by atoms with E-state index in [1.54, 1.807) is 0 Å². The number of nitrogens with zero attached hydrogens (tertiary/aromatic N) is 2. The van der Waals surface area contributed by atoms with Crippen LogP contribution in [0.5, 0.6) is 0 Å². The summed E-state index contributed by atoms with van der Waals surface area (Å²) in [4.78, 5) is 5.47. The molecular formula is C26H58N4. The molecular weight excluding hydrogens is 368 g/mol. The molecule has 0 spiro atoms. The molecule has 0 aromatic carbocycles. The van der Waals surface area contributed by atoms with Gasteiger partial charge in [-0.2, -0.15) is 0 Å². The van der Waals surface area contributed by atoms with Crippen LogP contribution < -0.4 is 10.6 Å². The van der Waals surface area contributed by atoms with Gasteiger partial charge in [0.05, 0.1) is 6.04 Å². The highest BCUT2D eigenvalue weighted by Gasteiger charge is 2.51. The molecule has 182 valence electrons. The summed E-state index contributed by atoms with van der Waals surface area (Å²) in [6.45, 7) is 27.7. The van der Waals surface area contributed by atoms with Gasteiger partial charge >= 0.3 is 0 Å². The van der Waals surface area contributed by atoms with E-state index in [1.165, 1.54) is 44.9 Å². The quantitative estimate of drug-likeness (QED) is 0.201. The molecule has 1 unspecified atom stereocenters. The molecule has 4 nitrogen and oxygen atoms in total. The first-order chi connectivity index (χ1) is 14.1. The molecule has 0 heterocycles. The van der Waals surface area contributed by atoms with Gasteiger partial charge in [0.2, 0.25) is 0 Å². The molecule has 0 rings (SSSR count). The number of rotatable bonds is 18. The van der Waals surface area contributed by atoms with E-state index < -0.39 is 0 Å². The zero-order valence-electron chi connectivity index (χ0n) is 22.6. The Hall–Kier alpha value is -0.160. The Bertz CT molecular complexity index is 370. The lowest BCUT2D eigenvalue weighted by Crippen LogP contribution is -2.81. The molecule has 0 saturated heterocycles. The van der Waals surface area contributed by atoms with Crippen molar-refractivity contribution in [3.63, 3.8) is 0 Å². The van der Waals surface area contributed by atoms with Crippen molar-refractivity contribution in [3.8, 4) is 0 Å². The fourth-order valence-corrected chi connectivity index (χ4v) is 5.65. The van der Waals surface area contributed by atoms with E-state index in [0.717, 1.165) is 13.1 Å². The first-order valence-electron chi connectivity index (χ1n) is 13.2. The highest BCUT2D eigenvalue weighted by Crippen LogP contribution is 2.33. The zero-order valence-corrected chi connectivity index (χ0v) is 22.6. The third-order valence-corrected chi connectivity index (χ3v) is 6.23. The van der Waals surface area contributed by atoms with E-state index in [9.17, 15) is 0 Å². The molecule has 0 bridgehead atoms. The topological polar surface area (TPSA) is 30.5 Å². The monoisotopic (exact) mass is 426 g/mol. The molecule has 0 amide bonds. The SMILES string of the molecule is CCCCCCCCC(NCC)C(NCC)(N(C(C)C)C(C)C)N(C(C)C)C(C)C. The Morgan fingerprint density at radius 2 is 1.03 bits per heavy atom. The van der Waals surface area contributed by atoms with Crippen LogP contribution in [-0.2, 0) is 0 Å². The number of unbranched alkanes of at least 4 members (excludes halogenated alkanes) is 5. The Labute approximate surface area is 190 Å². The van der Waals surface area contributed by atoms with Crippen molar-refractivity contribution in [2.75, 3.05) is 13.1 Å². The summed E-state index contributed by atoms with van der Waals surface area (Å²) in [5.74, 6) is -0.209. The predicted octanol–water partition coefficient (Wildman–Crippen LogP) is 6.22. The van der Waals surface area contributed by atoms with E-state index in [-0.39, 0.29) is 5.79 Å². The van der Waals surface area contributed by atoms with E-state index in [2.05, 4.69) is 96.6 Å². The largest absolute Gasteiger partial charge is 0.310 e. The van der Waals surface area contributed by atoms with Gasteiger partial charge in [-0.25, -0.2) is 0 Å². The van der Waals surface area contributed by atoms with Gasteiger partial charge < -0.3 is 5.32 Å². The minimum atomic E-state index is -0.209. The number of nitrogens with one attached hydrogen (secondary N) is 2. The number of hydrogen-bond donors (Lipinski definition) is 2. The van der Waals surface area contributed by atoms with Crippen LogP contribution in [0.15, 0.2) is 0 Å². The van der Waals surface area contributed by atoms with E-state index in [0.29, 0.717) is 30.2 Å². The van der Waals surface area contributed by atoms with Crippen LogP contribution >= 0.6 is 0 Å². The van der Waals surface area contributed by atoms with Gasteiger partial charge in [0.25, 0.3) is 0 Å². The van der Waals surface area contributed by atoms with Crippen LogP contribution in [0.25, 0.3) is 0 Å². The van der Waals surface area contributed by atoms with E-state index in [1.807, 2.05) is 0 Å². The Morgan fingerprint density at radius 3 is 1.40 bits per heavy atom. The van der Waals surface area contributed by atoms with Crippen molar-refractivity contribution in [1.29, 1.82) is 0 Å². The molecule has 30 heavy (non-hydrogen) atoms. The molecule has 0 aromatic heterocycles. The summed E-state index contributed by atoms with van der Waals surface area (Å²) in [6, 6.07) is 2.19. The minimum Gasteiger partial charge on any atom is -0.310 e. The van der Waals surface area contributed by atoms with Crippen LogP contribution in [0.4, 0.5) is 0 Å². The van der Waals surface area contributed by atoms with E-state index >= 15 is 0 Å².